The van der Waals surface area contributed by atoms with Gasteiger partial charge in [0.2, 0.25) is 0 Å². The SMILES string of the molecule is CCNC(=NCc1cnn(C)c1)NCC(O)c1cccc(OC(C)C)c1. The van der Waals surface area contributed by atoms with Gasteiger partial charge in [-0.2, -0.15) is 5.10 Å². The Morgan fingerprint density at radius 3 is 2.81 bits per heavy atom. The van der Waals surface area contributed by atoms with E-state index >= 15 is 0 Å². The van der Waals surface area contributed by atoms with E-state index in [0.29, 0.717) is 19.0 Å². The Morgan fingerprint density at radius 2 is 2.15 bits per heavy atom. The molecule has 0 amide bonds. The van der Waals surface area contributed by atoms with Crippen molar-refractivity contribution in [1.82, 2.24) is 20.4 Å². The molecule has 7 nitrogen and oxygen atoms in total. The van der Waals surface area contributed by atoms with Crippen LogP contribution in [0.4, 0.5) is 0 Å². The van der Waals surface area contributed by atoms with Crippen molar-refractivity contribution >= 4 is 5.96 Å². The Labute approximate surface area is 155 Å². The topological polar surface area (TPSA) is 83.7 Å². The standard InChI is InChI=1S/C19H29N5O2/c1-5-20-19(21-10-15-11-23-24(4)13-15)22-12-18(25)16-7-6-8-17(9-16)26-14(2)3/h6-9,11,13-14,18,25H,5,10,12H2,1-4H3,(H2,20,21,22). The molecule has 26 heavy (non-hydrogen) atoms. The van der Waals surface area contributed by atoms with Gasteiger partial charge in [-0.05, 0) is 38.5 Å². The van der Waals surface area contributed by atoms with E-state index in [0.717, 1.165) is 23.4 Å². The molecule has 0 bridgehead atoms. The van der Waals surface area contributed by atoms with Crippen LogP contribution in [0.2, 0.25) is 0 Å². The fourth-order valence-corrected chi connectivity index (χ4v) is 2.44. The smallest absolute Gasteiger partial charge is 0.191 e. The summed E-state index contributed by atoms with van der Waals surface area (Å²) >= 11 is 0. The number of hydrogen-bond acceptors (Lipinski definition) is 4. The van der Waals surface area contributed by atoms with Crippen molar-refractivity contribution in [3.05, 3.63) is 47.8 Å². The quantitative estimate of drug-likeness (QED) is 0.496. The zero-order chi connectivity index (χ0) is 18.9. The maximum Gasteiger partial charge on any atom is 0.191 e. The summed E-state index contributed by atoms with van der Waals surface area (Å²) in [5.41, 5.74) is 1.84. The summed E-state index contributed by atoms with van der Waals surface area (Å²) < 4.78 is 7.43. The molecule has 0 aliphatic rings. The van der Waals surface area contributed by atoms with Gasteiger partial charge in [0.25, 0.3) is 0 Å². The Balaban J connectivity index is 1.94. The fourth-order valence-electron chi connectivity index (χ4n) is 2.44. The van der Waals surface area contributed by atoms with Gasteiger partial charge in [0, 0.05) is 31.9 Å². The zero-order valence-electron chi connectivity index (χ0n) is 15.9. The van der Waals surface area contributed by atoms with Gasteiger partial charge in [0.15, 0.2) is 5.96 Å². The lowest BCUT2D eigenvalue weighted by atomic mass is 10.1. The van der Waals surface area contributed by atoms with Gasteiger partial charge in [-0.15, -0.1) is 0 Å². The zero-order valence-corrected chi connectivity index (χ0v) is 15.9. The predicted octanol–water partition coefficient (Wildman–Crippen LogP) is 2.00. The summed E-state index contributed by atoms with van der Waals surface area (Å²) in [6.45, 7) is 7.58. The van der Waals surface area contributed by atoms with Crippen molar-refractivity contribution in [3.63, 3.8) is 0 Å². The molecule has 0 radical (unpaired) electrons. The molecule has 1 heterocycles. The van der Waals surface area contributed by atoms with Gasteiger partial charge < -0.3 is 20.5 Å². The number of aliphatic hydroxyl groups is 1. The molecule has 0 aliphatic carbocycles. The summed E-state index contributed by atoms with van der Waals surface area (Å²) in [6, 6.07) is 7.53. The van der Waals surface area contributed by atoms with Crippen molar-refractivity contribution in [1.29, 1.82) is 0 Å². The number of aromatic nitrogens is 2. The number of hydrogen-bond donors (Lipinski definition) is 3. The third kappa shape index (κ3) is 6.40. The van der Waals surface area contributed by atoms with E-state index in [1.54, 1.807) is 10.9 Å². The first-order valence-corrected chi connectivity index (χ1v) is 8.92. The second-order valence-electron chi connectivity index (χ2n) is 6.35. The molecule has 1 unspecified atom stereocenters. The Bertz CT molecular complexity index is 711. The molecule has 1 atom stereocenters. The summed E-state index contributed by atoms with van der Waals surface area (Å²) in [5.74, 6) is 1.42. The van der Waals surface area contributed by atoms with Crippen LogP contribution < -0.4 is 15.4 Å². The molecular weight excluding hydrogens is 330 g/mol. The average molecular weight is 359 g/mol. The van der Waals surface area contributed by atoms with Gasteiger partial charge in [-0.3, -0.25) is 4.68 Å². The van der Waals surface area contributed by atoms with Gasteiger partial charge in [-0.1, -0.05) is 12.1 Å². The summed E-state index contributed by atoms with van der Waals surface area (Å²) in [6.07, 6.45) is 3.16. The highest BCUT2D eigenvalue weighted by Crippen LogP contribution is 2.19. The monoisotopic (exact) mass is 359 g/mol. The molecule has 3 N–H and O–H groups in total. The highest BCUT2D eigenvalue weighted by molar-refractivity contribution is 5.79. The lowest BCUT2D eigenvalue weighted by Gasteiger charge is -2.17. The lowest BCUT2D eigenvalue weighted by Crippen LogP contribution is -2.39. The maximum absolute atomic E-state index is 10.5. The molecule has 0 saturated heterocycles. The normalized spacial score (nSPS) is 12.9. The average Bonchev–Trinajstić information content (AvgIpc) is 3.02. The molecular formula is C19H29N5O2. The fraction of sp³-hybridized carbons (Fsp3) is 0.474. The molecule has 0 spiro atoms. The second kappa shape index (κ2) is 9.82. The number of ether oxygens (including phenoxy) is 1. The first-order chi connectivity index (χ1) is 12.5. The lowest BCUT2D eigenvalue weighted by molar-refractivity contribution is 0.179. The van der Waals surface area contributed by atoms with Gasteiger partial charge in [-0.25, -0.2) is 4.99 Å². The van der Waals surface area contributed by atoms with Crippen molar-refractivity contribution in [2.75, 3.05) is 13.1 Å². The van der Waals surface area contributed by atoms with Crippen LogP contribution >= 0.6 is 0 Å². The Morgan fingerprint density at radius 1 is 1.35 bits per heavy atom. The summed E-state index contributed by atoms with van der Waals surface area (Å²) in [5, 5.41) is 21.0. The van der Waals surface area contributed by atoms with Crippen LogP contribution in [0, 0.1) is 0 Å². The molecule has 1 aromatic carbocycles. The molecule has 2 rings (SSSR count). The number of nitrogens with one attached hydrogen (secondary N) is 2. The predicted molar refractivity (Wildman–Crippen MR) is 103 cm³/mol. The first-order valence-electron chi connectivity index (χ1n) is 8.92. The van der Waals surface area contributed by atoms with E-state index in [1.807, 2.05) is 58.3 Å². The molecule has 0 saturated carbocycles. The number of rotatable bonds is 8. The minimum Gasteiger partial charge on any atom is -0.491 e. The van der Waals surface area contributed by atoms with E-state index in [1.165, 1.54) is 0 Å². The summed E-state index contributed by atoms with van der Waals surface area (Å²) in [7, 11) is 1.88. The minimum absolute atomic E-state index is 0.0977. The van der Waals surface area contributed by atoms with Crippen molar-refractivity contribution < 1.29 is 9.84 Å². The second-order valence-corrected chi connectivity index (χ2v) is 6.35. The molecule has 142 valence electrons. The number of nitrogens with zero attached hydrogens (tertiary/aromatic N) is 3. The van der Waals surface area contributed by atoms with Crippen LogP contribution in [0.1, 0.15) is 38.0 Å². The third-order valence-corrected chi connectivity index (χ3v) is 3.60. The molecule has 0 fully saturated rings. The van der Waals surface area contributed by atoms with Crippen LogP contribution in [0.15, 0.2) is 41.7 Å². The van der Waals surface area contributed by atoms with Crippen LogP contribution in [-0.4, -0.2) is 40.0 Å². The van der Waals surface area contributed by atoms with Gasteiger partial charge >= 0.3 is 0 Å². The van der Waals surface area contributed by atoms with E-state index < -0.39 is 6.10 Å². The molecule has 1 aromatic heterocycles. The highest BCUT2D eigenvalue weighted by Gasteiger charge is 2.10. The van der Waals surface area contributed by atoms with Crippen LogP contribution in [0.3, 0.4) is 0 Å². The van der Waals surface area contributed by atoms with Gasteiger partial charge in [0.1, 0.15) is 5.75 Å². The molecule has 7 heteroatoms. The number of aryl methyl sites for hydroxylation is 1. The van der Waals surface area contributed by atoms with Gasteiger partial charge in [0.05, 0.1) is 24.9 Å². The number of benzene rings is 1. The van der Waals surface area contributed by atoms with Crippen LogP contribution in [0.25, 0.3) is 0 Å². The highest BCUT2D eigenvalue weighted by atomic mass is 16.5. The number of aliphatic imine (C=N–C) groups is 1. The van der Waals surface area contributed by atoms with E-state index in [-0.39, 0.29) is 6.10 Å². The van der Waals surface area contributed by atoms with E-state index in [9.17, 15) is 5.11 Å². The third-order valence-electron chi connectivity index (χ3n) is 3.60. The van der Waals surface area contributed by atoms with Crippen molar-refractivity contribution in [2.24, 2.45) is 12.0 Å². The molecule has 2 aromatic rings. The summed E-state index contributed by atoms with van der Waals surface area (Å²) in [4.78, 5) is 4.52. The molecule has 0 aliphatic heterocycles. The van der Waals surface area contributed by atoms with E-state index in [4.69, 9.17) is 4.74 Å². The largest absolute Gasteiger partial charge is 0.491 e. The van der Waals surface area contributed by atoms with Crippen molar-refractivity contribution in [2.45, 2.75) is 39.5 Å². The van der Waals surface area contributed by atoms with Crippen LogP contribution in [-0.2, 0) is 13.6 Å². The minimum atomic E-state index is -0.659. The Kier molecular flexibility index (Phi) is 7.47. The first kappa shape index (κ1) is 19.8. The Hall–Kier alpha value is -2.54. The number of guanidine groups is 1. The van der Waals surface area contributed by atoms with Crippen molar-refractivity contribution in [3.8, 4) is 5.75 Å². The number of aliphatic hydroxyl groups excluding tert-OH is 1. The maximum atomic E-state index is 10.5. The van der Waals surface area contributed by atoms with E-state index in [2.05, 4.69) is 20.7 Å². The van der Waals surface area contributed by atoms with Crippen LogP contribution in [0.5, 0.6) is 5.75 Å².